The molecule has 0 saturated carbocycles. The van der Waals surface area contributed by atoms with Gasteiger partial charge >= 0.3 is 0 Å². The highest BCUT2D eigenvalue weighted by Crippen LogP contribution is 2.39. The van der Waals surface area contributed by atoms with Crippen LogP contribution in [0.15, 0.2) is 115 Å². The fraction of sp³-hybridized carbons (Fsp3) is 0.111. The summed E-state index contributed by atoms with van der Waals surface area (Å²) < 4.78 is 0. The molecule has 4 aromatic rings. The maximum absolute atomic E-state index is 2.31. The topological polar surface area (TPSA) is 3.24 Å². The summed E-state index contributed by atoms with van der Waals surface area (Å²) in [5.74, 6) is 0. The van der Waals surface area contributed by atoms with Gasteiger partial charge in [0.2, 0.25) is 0 Å². The molecule has 0 aliphatic heterocycles. The molecule has 0 fully saturated rings. The van der Waals surface area contributed by atoms with Gasteiger partial charge < -0.3 is 4.90 Å². The van der Waals surface area contributed by atoms with Gasteiger partial charge in [0.1, 0.15) is 0 Å². The zero-order valence-corrected chi connectivity index (χ0v) is 16.4. The van der Waals surface area contributed by atoms with Crippen molar-refractivity contribution in [2.24, 2.45) is 0 Å². The van der Waals surface area contributed by atoms with Crippen molar-refractivity contribution in [3.05, 3.63) is 132 Å². The van der Waals surface area contributed by atoms with Gasteiger partial charge in [-0.3, -0.25) is 0 Å². The molecule has 0 atom stereocenters. The summed E-state index contributed by atoms with van der Waals surface area (Å²) in [4.78, 5) is 2.21. The van der Waals surface area contributed by atoms with Gasteiger partial charge in [0.25, 0.3) is 0 Å². The lowest BCUT2D eigenvalue weighted by Crippen LogP contribution is -2.25. The zero-order valence-electron chi connectivity index (χ0n) is 16.4. The normalized spacial score (nSPS) is 11.2. The van der Waals surface area contributed by atoms with Gasteiger partial charge in [-0.2, -0.15) is 0 Å². The van der Waals surface area contributed by atoms with E-state index >= 15 is 0 Å². The first-order chi connectivity index (χ1) is 13.7. The van der Waals surface area contributed by atoms with Gasteiger partial charge in [0.05, 0.1) is 0 Å². The maximum atomic E-state index is 2.31. The molecule has 0 bridgehead atoms. The minimum Gasteiger partial charge on any atom is -0.345 e. The van der Waals surface area contributed by atoms with Crippen molar-refractivity contribution in [2.75, 3.05) is 11.9 Å². The summed E-state index contributed by atoms with van der Waals surface area (Å²) >= 11 is 0. The smallest absolute Gasteiger partial charge is 0.0423 e. The second kappa shape index (κ2) is 7.74. The number of anilines is 2. The Balaban J connectivity index is 1.76. The maximum Gasteiger partial charge on any atom is 0.0423 e. The van der Waals surface area contributed by atoms with Crippen LogP contribution in [0.25, 0.3) is 0 Å². The van der Waals surface area contributed by atoms with E-state index in [0.717, 1.165) is 0 Å². The number of nitrogens with zero attached hydrogens (tertiary/aromatic N) is 1. The number of rotatable bonds is 5. The van der Waals surface area contributed by atoms with Crippen LogP contribution in [-0.2, 0) is 5.41 Å². The molecular weight excluding hydrogens is 338 g/mol. The molecule has 0 aliphatic carbocycles. The fourth-order valence-corrected chi connectivity index (χ4v) is 3.86. The van der Waals surface area contributed by atoms with E-state index < -0.39 is 0 Å². The van der Waals surface area contributed by atoms with E-state index in [1.807, 2.05) is 6.07 Å². The largest absolute Gasteiger partial charge is 0.345 e. The number of benzene rings is 4. The first-order valence-electron chi connectivity index (χ1n) is 9.70. The predicted octanol–water partition coefficient (Wildman–Crippen LogP) is 6.81. The predicted molar refractivity (Wildman–Crippen MR) is 119 cm³/mol. The molecule has 0 aliphatic rings. The molecule has 1 heteroatoms. The third-order valence-corrected chi connectivity index (χ3v) is 5.68. The van der Waals surface area contributed by atoms with Gasteiger partial charge in [-0.05, 0) is 47.9 Å². The summed E-state index contributed by atoms with van der Waals surface area (Å²) in [5, 5.41) is 0. The summed E-state index contributed by atoms with van der Waals surface area (Å²) in [6.07, 6.45) is 0. The summed E-state index contributed by atoms with van der Waals surface area (Å²) in [6.45, 7) is 2.31. The molecule has 0 amide bonds. The van der Waals surface area contributed by atoms with Crippen LogP contribution in [0.2, 0.25) is 0 Å². The Hall–Kier alpha value is -3.32. The van der Waals surface area contributed by atoms with Crippen LogP contribution in [0.3, 0.4) is 0 Å². The van der Waals surface area contributed by atoms with E-state index in [-0.39, 0.29) is 5.41 Å². The fourth-order valence-electron chi connectivity index (χ4n) is 3.86. The Bertz CT molecular complexity index is 967. The van der Waals surface area contributed by atoms with Crippen LogP contribution >= 0.6 is 0 Å². The van der Waals surface area contributed by atoms with E-state index in [2.05, 4.69) is 128 Å². The lowest BCUT2D eigenvalue weighted by Gasteiger charge is -2.32. The van der Waals surface area contributed by atoms with Gasteiger partial charge in [-0.15, -0.1) is 0 Å². The SMILES string of the molecule is CN(c1ccccc1)c1ccc(C(C)(c2ccccc2)c2ccccc2)cc1. The molecule has 0 saturated heterocycles. The van der Waals surface area contributed by atoms with Crippen molar-refractivity contribution in [2.45, 2.75) is 12.3 Å². The highest BCUT2D eigenvalue weighted by atomic mass is 15.1. The van der Waals surface area contributed by atoms with Gasteiger partial charge in [0.15, 0.2) is 0 Å². The first kappa shape index (κ1) is 18.1. The Morgan fingerprint density at radius 1 is 0.464 bits per heavy atom. The standard InChI is InChI=1S/C27H25N/c1-27(22-12-6-3-7-13-22,23-14-8-4-9-15-23)24-18-20-26(21-19-24)28(2)25-16-10-5-11-17-25/h3-21H,1-2H3. The molecule has 0 radical (unpaired) electrons. The Labute approximate surface area is 167 Å². The molecular formula is C27H25N. The highest BCUT2D eigenvalue weighted by Gasteiger charge is 2.30. The van der Waals surface area contributed by atoms with Crippen LogP contribution in [0.5, 0.6) is 0 Å². The van der Waals surface area contributed by atoms with E-state index in [0.29, 0.717) is 0 Å². The van der Waals surface area contributed by atoms with Gasteiger partial charge in [-0.1, -0.05) is 91.0 Å². The Kier molecular flexibility index (Phi) is 4.99. The lowest BCUT2D eigenvalue weighted by molar-refractivity contribution is 0.692. The van der Waals surface area contributed by atoms with Crippen LogP contribution in [-0.4, -0.2) is 7.05 Å². The lowest BCUT2D eigenvalue weighted by atomic mass is 9.71. The third kappa shape index (κ3) is 3.32. The second-order valence-corrected chi connectivity index (χ2v) is 7.30. The quantitative estimate of drug-likeness (QED) is 0.352. The minimum atomic E-state index is -0.202. The Morgan fingerprint density at radius 2 is 0.821 bits per heavy atom. The molecule has 4 aromatic carbocycles. The van der Waals surface area contributed by atoms with Crippen molar-refractivity contribution in [1.29, 1.82) is 0 Å². The molecule has 28 heavy (non-hydrogen) atoms. The first-order valence-corrected chi connectivity index (χ1v) is 9.70. The van der Waals surface area contributed by atoms with Crippen molar-refractivity contribution in [3.8, 4) is 0 Å². The number of para-hydroxylation sites is 1. The Morgan fingerprint density at radius 3 is 1.29 bits per heavy atom. The average Bonchev–Trinajstić information content (AvgIpc) is 2.80. The molecule has 0 unspecified atom stereocenters. The highest BCUT2D eigenvalue weighted by molar-refractivity contribution is 5.63. The molecule has 0 N–H and O–H groups in total. The monoisotopic (exact) mass is 363 g/mol. The van der Waals surface area contributed by atoms with Crippen molar-refractivity contribution >= 4 is 11.4 Å². The van der Waals surface area contributed by atoms with Crippen molar-refractivity contribution in [1.82, 2.24) is 0 Å². The van der Waals surface area contributed by atoms with Crippen molar-refractivity contribution < 1.29 is 0 Å². The van der Waals surface area contributed by atoms with E-state index in [1.165, 1.54) is 28.1 Å². The molecule has 138 valence electrons. The van der Waals surface area contributed by atoms with Gasteiger partial charge in [0, 0.05) is 23.8 Å². The van der Waals surface area contributed by atoms with Crippen LogP contribution in [0.1, 0.15) is 23.6 Å². The van der Waals surface area contributed by atoms with E-state index in [1.54, 1.807) is 0 Å². The zero-order chi connectivity index (χ0) is 19.4. The summed E-state index contributed by atoms with van der Waals surface area (Å²) in [6, 6.07) is 40.9. The molecule has 4 rings (SSSR count). The van der Waals surface area contributed by atoms with Crippen LogP contribution in [0.4, 0.5) is 11.4 Å². The molecule has 1 nitrogen and oxygen atoms in total. The summed E-state index contributed by atoms with van der Waals surface area (Å²) in [7, 11) is 2.11. The van der Waals surface area contributed by atoms with Crippen LogP contribution < -0.4 is 4.90 Å². The number of hydrogen-bond donors (Lipinski definition) is 0. The third-order valence-electron chi connectivity index (χ3n) is 5.68. The average molecular weight is 364 g/mol. The van der Waals surface area contributed by atoms with E-state index in [9.17, 15) is 0 Å². The van der Waals surface area contributed by atoms with E-state index in [4.69, 9.17) is 0 Å². The summed E-state index contributed by atoms with van der Waals surface area (Å²) in [5.41, 5.74) is 6.04. The minimum absolute atomic E-state index is 0.202. The molecule has 0 heterocycles. The van der Waals surface area contributed by atoms with Crippen molar-refractivity contribution in [3.63, 3.8) is 0 Å². The van der Waals surface area contributed by atoms with Crippen LogP contribution in [0, 0.1) is 0 Å². The molecule has 0 spiro atoms. The second-order valence-electron chi connectivity index (χ2n) is 7.30. The van der Waals surface area contributed by atoms with Gasteiger partial charge in [-0.25, -0.2) is 0 Å². The number of hydrogen-bond acceptors (Lipinski definition) is 1. The molecule has 0 aromatic heterocycles.